The predicted molar refractivity (Wildman–Crippen MR) is 65.4 cm³/mol. The Balaban J connectivity index is 4.18. The normalized spacial score (nSPS) is 13.6. The quantitative estimate of drug-likeness (QED) is 0.634. The van der Waals surface area contributed by atoms with Crippen molar-refractivity contribution in [1.82, 2.24) is 5.32 Å². The number of carbonyl (C=O) groups excluding carboxylic acids is 1. The number of amides is 1. The Morgan fingerprint density at radius 1 is 1.44 bits per heavy atom. The third-order valence-electron chi connectivity index (χ3n) is 2.04. The van der Waals surface area contributed by atoms with Crippen LogP contribution in [-0.2, 0) is 9.59 Å². The number of nitrogens with one attached hydrogen (secondary N) is 1. The molecule has 0 aromatic heterocycles. The van der Waals surface area contributed by atoms with E-state index < -0.39 is 16.8 Å². The number of hydrogen-bond acceptors (Lipinski definition) is 4. The summed E-state index contributed by atoms with van der Waals surface area (Å²) < 4.78 is -0.667. The zero-order valence-corrected chi connectivity index (χ0v) is 10.9. The third-order valence-corrected chi connectivity index (χ3v) is 3.44. The van der Waals surface area contributed by atoms with Crippen LogP contribution >= 0.6 is 11.8 Å². The predicted octanol–water partition coefficient (Wildman–Crippen LogP) is 0.435. The van der Waals surface area contributed by atoms with E-state index >= 15 is 0 Å². The second kappa shape index (κ2) is 6.10. The molecular weight excluding hydrogens is 228 g/mol. The van der Waals surface area contributed by atoms with Crippen molar-refractivity contribution in [2.24, 2.45) is 5.73 Å². The Hall–Kier alpha value is -0.750. The van der Waals surface area contributed by atoms with Gasteiger partial charge in [0.25, 0.3) is 0 Å². The molecule has 0 heterocycles. The van der Waals surface area contributed by atoms with E-state index in [-0.39, 0.29) is 17.7 Å². The maximum absolute atomic E-state index is 11.4. The lowest BCUT2D eigenvalue weighted by Crippen LogP contribution is -2.47. The van der Waals surface area contributed by atoms with E-state index in [2.05, 4.69) is 5.32 Å². The van der Waals surface area contributed by atoms with E-state index in [1.165, 1.54) is 11.8 Å². The summed E-state index contributed by atoms with van der Waals surface area (Å²) in [7, 11) is 0. The molecule has 0 radical (unpaired) electrons. The molecule has 0 aliphatic rings. The molecule has 0 unspecified atom stereocenters. The fourth-order valence-electron chi connectivity index (χ4n) is 1.00. The summed E-state index contributed by atoms with van der Waals surface area (Å²) in [5.74, 6) is -0.945. The van der Waals surface area contributed by atoms with E-state index in [1.54, 1.807) is 13.8 Å². The highest BCUT2D eigenvalue weighted by Gasteiger charge is 2.33. The van der Waals surface area contributed by atoms with Crippen LogP contribution in [-0.4, -0.2) is 39.6 Å². The van der Waals surface area contributed by atoms with Gasteiger partial charge in [-0.1, -0.05) is 0 Å². The fraction of sp³-hybridized carbons (Fsp3) is 0.800. The molecule has 5 nitrogen and oxygen atoms in total. The molecule has 0 aromatic carbocycles. The number of nitrogens with two attached hydrogens (primary N) is 1. The molecule has 0 bridgehead atoms. The van der Waals surface area contributed by atoms with Gasteiger partial charge in [-0.15, -0.1) is 11.8 Å². The van der Waals surface area contributed by atoms with Crippen LogP contribution in [0.3, 0.4) is 0 Å². The van der Waals surface area contributed by atoms with Gasteiger partial charge < -0.3 is 16.2 Å². The molecule has 0 spiro atoms. The van der Waals surface area contributed by atoms with E-state index in [4.69, 9.17) is 10.8 Å². The average molecular weight is 248 g/mol. The second-order valence-electron chi connectivity index (χ2n) is 4.43. The van der Waals surface area contributed by atoms with Crippen molar-refractivity contribution in [3.05, 3.63) is 0 Å². The highest BCUT2D eigenvalue weighted by atomic mass is 32.2. The summed E-state index contributed by atoms with van der Waals surface area (Å²) in [6.07, 6.45) is 0. The first-order valence-corrected chi connectivity index (χ1v) is 6.07. The summed E-state index contributed by atoms with van der Waals surface area (Å²) in [5, 5.41) is 11.5. The van der Waals surface area contributed by atoms with Gasteiger partial charge in [0.15, 0.2) is 0 Å². The number of carboxylic acids is 1. The number of carbonyl (C=O) groups is 2. The minimum Gasteiger partial charge on any atom is -0.480 e. The van der Waals surface area contributed by atoms with E-state index in [0.717, 1.165) is 0 Å². The standard InChI is InChI=1S/C10H20N2O3S/c1-6(2)12-7(13)5-16-10(3,4)8(11)9(14)15/h6,8H,5,11H2,1-4H3,(H,12,13)(H,14,15)/t8-/m1/s1. The van der Waals surface area contributed by atoms with Crippen LogP contribution < -0.4 is 11.1 Å². The first-order valence-electron chi connectivity index (χ1n) is 5.08. The lowest BCUT2D eigenvalue weighted by molar-refractivity contribution is -0.139. The largest absolute Gasteiger partial charge is 0.480 e. The van der Waals surface area contributed by atoms with Crippen molar-refractivity contribution in [3.8, 4) is 0 Å². The molecule has 4 N–H and O–H groups in total. The van der Waals surface area contributed by atoms with Gasteiger partial charge in [-0.3, -0.25) is 9.59 Å². The Labute approximate surface area is 100 Å². The van der Waals surface area contributed by atoms with Crippen molar-refractivity contribution in [1.29, 1.82) is 0 Å². The number of aliphatic carboxylic acids is 1. The molecule has 1 amide bonds. The lowest BCUT2D eigenvalue weighted by atomic mass is 10.1. The van der Waals surface area contributed by atoms with Gasteiger partial charge in [0.1, 0.15) is 6.04 Å². The molecule has 0 aromatic rings. The summed E-state index contributed by atoms with van der Waals surface area (Å²) >= 11 is 1.25. The smallest absolute Gasteiger partial charge is 0.321 e. The summed E-state index contributed by atoms with van der Waals surface area (Å²) in [6.45, 7) is 7.19. The van der Waals surface area contributed by atoms with Gasteiger partial charge in [-0.25, -0.2) is 0 Å². The van der Waals surface area contributed by atoms with Crippen molar-refractivity contribution < 1.29 is 14.7 Å². The van der Waals surface area contributed by atoms with Crippen LogP contribution in [0, 0.1) is 0 Å². The molecule has 0 aliphatic carbocycles. The maximum atomic E-state index is 11.4. The molecule has 6 heteroatoms. The van der Waals surface area contributed by atoms with Crippen molar-refractivity contribution in [3.63, 3.8) is 0 Å². The average Bonchev–Trinajstić information content (AvgIpc) is 2.12. The SMILES string of the molecule is CC(C)NC(=O)CSC(C)(C)[C@H](N)C(=O)O. The highest BCUT2D eigenvalue weighted by molar-refractivity contribution is 8.01. The monoisotopic (exact) mass is 248 g/mol. The molecule has 0 saturated heterocycles. The molecule has 0 saturated carbocycles. The first-order chi connectivity index (χ1) is 7.16. The Bertz CT molecular complexity index is 267. The van der Waals surface area contributed by atoms with E-state index in [9.17, 15) is 9.59 Å². The third kappa shape index (κ3) is 5.37. The van der Waals surface area contributed by atoms with Gasteiger partial charge in [0.2, 0.25) is 5.91 Å². The number of carboxylic acid groups (broad SMARTS) is 1. The topological polar surface area (TPSA) is 92.4 Å². The Morgan fingerprint density at radius 3 is 2.31 bits per heavy atom. The molecule has 94 valence electrons. The van der Waals surface area contributed by atoms with E-state index in [1.807, 2.05) is 13.8 Å². The van der Waals surface area contributed by atoms with Crippen LogP contribution in [0.25, 0.3) is 0 Å². The summed E-state index contributed by atoms with van der Waals surface area (Å²) in [4.78, 5) is 22.1. The van der Waals surface area contributed by atoms with E-state index in [0.29, 0.717) is 0 Å². The number of hydrogen-bond donors (Lipinski definition) is 3. The zero-order chi connectivity index (χ0) is 12.9. The van der Waals surface area contributed by atoms with Gasteiger partial charge >= 0.3 is 5.97 Å². The van der Waals surface area contributed by atoms with Crippen LogP contribution in [0.15, 0.2) is 0 Å². The lowest BCUT2D eigenvalue weighted by Gasteiger charge is -2.27. The zero-order valence-electron chi connectivity index (χ0n) is 10.1. The molecule has 16 heavy (non-hydrogen) atoms. The van der Waals surface area contributed by atoms with Gasteiger partial charge in [-0.2, -0.15) is 0 Å². The van der Waals surface area contributed by atoms with Crippen molar-refractivity contribution in [2.45, 2.75) is 44.5 Å². The minimum absolute atomic E-state index is 0.0874. The van der Waals surface area contributed by atoms with Crippen molar-refractivity contribution >= 4 is 23.6 Å². The highest BCUT2D eigenvalue weighted by Crippen LogP contribution is 2.27. The minimum atomic E-state index is -1.05. The van der Waals surface area contributed by atoms with Gasteiger partial charge in [0.05, 0.1) is 5.75 Å². The van der Waals surface area contributed by atoms with Crippen LogP contribution in [0.4, 0.5) is 0 Å². The van der Waals surface area contributed by atoms with Crippen LogP contribution in [0.1, 0.15) is 27.7 Å². The molecule has 0 aliphatic heterocycles. The molecule has 1 atom stereocenters. The summed E-state index contributed by atoms with van der Waals surface area (Å²) in [5.41, 5.74) is 5.53. The van der Waals surface area contributed by atoms with Gasteiger partial charge in [0, 0.05) is 10.8 Å². The first kappa shape index (κ1) is 15.2. The second-order valence-corrected chi connectivity index (χ2v) is 6.06. The van der Waals surface area contributed by atoms with Crippen LogP contribution in [0.2, 0.25) is 0 Å². The summed E-state index contributed by atoms with van der Waals surface area (Å²) in [6, 6.07) is -0.895. The molecule has 0 rings (SSSR count). The van der Waals surface area contributed by atoms with Gasteiger partial charge in [-0.05, 0) is 27.7 Å². The molecule has 0 fully saturated rings. The Morgan fingerprint density at radius 2 is 1.94 bits per heavy atom. The Kier molecular flexibility index (Phi) is 5.81. The number of rotatable bonds is 6. The molecular formula is C10H20N2O3S. The van der Waals surface area contributed by atoms with Crippen molar-refractivity contribution in [2.75, 3.05) is 5.75 Å². The number of thioether (sulfide) groups is 1. The van der Waals surface area contributed by atoms with Crippen LogP contribution in [0.5, 0.6) is 0 Å². The fourth-order valence-corrected chi connectivity index (χ4v) is 1.87. The maximum Gasteiger partial charge on any atom is 0.321 e.